The van der Waals surface area contributed by atoms with Gasteiger partial charge in [-0.25, -0.2) is 0 Å². The van der Waals surface area contributed by atoms with Crippen LogP contribution in [-0.4, -0.2) is 0 Å². The van der Waals surface area contributed by atoms with Crippen molar-refractivity contribution in [3.8, 4) is 56.0 Å². The standard InChI is InChI=1S/C34H22O/c1-2-7-23(8-3-1)24-13-15-25(16-14-24)26-17-19-27(20-18-26)29-21-28-9-6-12-33-34(28)31(22-29)30-10-4-5-11-32(30)35-33/h1-22H. The van der Waals surface area contributed by atoms with Crippen molar-refractivity contribution in [2.75, 3.05) is 0 Å². The molecule has 0 aliphatic carbocycles. The minimum absolute atomic E-state index is 0.916. The highest BCUT2D eigenvalue weighted by atomic mass is 16.5. The molecule has 0 fully saturated rings. The maximum Gasteiger partial charge on any atom is 0.135 e. The molecule has 0 aromatic heterocycles. The van der Waals surface area contributed by atoms with E-state index < -0.39 is 0 Å². The molecule has 0 spiro atoms. The summed E-state index contributed by atoms with van der Waals surface area (Å²) in [5, 5.41) is 2.38. The molecule has 0 radical (unpaired) electrons. The van der Waals surface area contributed by atoms with Crippen molar-refractivity contribution < 1.29 is 4.74 Å². The second kappa shape index (κ2) is 8.00. The predicted molar refractivity (Wildman–Crippen MR) is 146 cm³/mol. The van der Waals surface area contributed by atoms with Gasteiger partial charge in [0.1, 0.15) is 11.5 Å². The molecule has 0 unspecified atom stereocenters. The van der Waals surface area contributed by atoms with Crippen LogP contribution in [0.25, 0.3) is 55.3 Å². The first kappa shape index (κ1) is 19.8. The fraction of sp³-hybridized carbons (Fsp3) is 0. The van der Waals surface area contributed by atoms with Crippen molar-refractivity contribution in [2.24, 2.45) is 0 Å². The van der Waals surface area contributed by atoms with Crippen LogP contribution in [0.5, 0.6) is 11.5 Å². The van der Waals surface area contributed by atoms with Crippen LogP contribution in [0.15, 0.2) is 133 Å². The fourth-order valence-corrected chi connectivity index (χ4v) is 5.10. The highest BCUT2D eigenvalue weighted by molar-refractivity contribution is 6.06. The van der Waals surface area contributed by atoms with E-state index in [9.17, 15) is 0 Å². The Morgan fingerprint density at radius 1 is 0.343 bits per heavy atom. The fourth-order valence-electron chi connectivity index (χ4n) is 5.10. The number of benzene rings is 6. The van der Waals surface area contributed by atoms with Gasteiger partial charge in [-0.1, -0.05) is 109 Å². The van der Waals surface area contributed by atoms with E-state index in [0.29, 0.717) is 0 Å². The van der Waals surface area contributed by atoms with Crippen LogP contribution in [0.1, 0.15) is 0 Å². The molecule has 6 aromatic rings. The molecule has 6 aromatic carbocycles. The van der Waals surface area contributed by atoms with Gasteiger partial charge in [0.05, 0.1) is 0 Å². The summed E-state index contributed by atoms with van der Waals surface area (Å²) in [6.07, 6.45) is 0. The zero-order valence-electron chi connectivity index (χ0n) is 19.1. The first-order valence-corrected chi connectivity index (χ1v) is 11.9. The van der Waals surface area contributed by atoms with Crippen molar-refractivity contribution in [1.82, 2.24) is 0 Å². The van der Waals surface area contributed by atoms with Crippen molar-refractivity contribution in [3.63, 3.8) is 0 Å². The first-order valence-electron chi connectivity index (χ1n) is 11.9. The first-order chi connectivity index (χ1) is 17.3. The van der Waals surface area contributed by atoms with E-state index in [2.05, 4.69) is 121 Å². The van der Waals surface area contributed by atoms with Crippen LogP contribution in [0.3, 0.4) is 0 Å². The van der Waals surface area contributed by atoms with E-state index >= 15 is 0 Å². The minimum Gasteiger partial charge on any atom is -0.456 e. The van der Waals surface area contributed by atoms with Gasteiger partial charge in [0, 0.05) is 10.9 Å². The summed E-state index contributed by atoms with van der Waals surface area (Å²) in [6.45, 7) is 0. The van der Waals surface area contributed by atoms with Gasteiger partial charge in [-0.05, 0) is 68.6 Å². The topological polar surface area (TPSA) is 9.23 Å². The van der Waals surface area contributed by atoms with Gasteiger partial charge in [0.25, 0.3) is 0 Å². The van der Waals surface area contributed by atoms with E-state index in [1.807, 2.05) is 12.1 Å². The molecule has 1 aliphatic heterocycles. The average Bonchev–Trinajstić information content (AvgIpc) is 2.94. The van der Waals surface area contributed by atoms with Crippen LogP contribution < -0.4 is 4.74 Å². The Labute approximate surface area is 204 Å². The summed E-state index contributed by atoms with van der Waals surface area (Å²) in [4.78, 5) is 0. The van der Waals surface area contributed by atoms with Crippen LogP contribution in [0.4, 0.5) is 0 Å². The zero-order valence-corrected chi connectivity index (χ0v) is 19.1. The SMILES string of the molecule is c1ccc(-c2ccc(-c3ccc(-c4cc5c6c(cccc6c4)Oc4ccccc4-5)cc3)cc2)cc1. The molecule has 0 saturated heterocycles. The highest BCUT2D eigenvalue weighted by Crippen LogP contribution is 2.47. The Balaban J connectivity index is 1.26. The Morgan fingerprint density at radius 2 is 0.886 bits per heavy atom. The normalized spacial score (nSPS) is 11.7. The second-order valence-corrected chi connectivity index (χ2v) is 9.00. The molecule has 164 valence electrons. The van der Waals surface area contributed by atoms with Crippen LogP contribution >= 0.6 is 0 Å². The number of para-hydroxylation sites is 1. The van der Waals surface area contributed by atoms with Gasteiger partial charge < -0.3 is 4.74 Å². The lowest BCUT2D eigenvalue weighted by Crippen LogP contribution is -1.97. The molecular weight excluding hydrogens is 424 g/mol. The molecule has 0 bridgehead atoms. The summed E-state index contributed by atoms with van der Waals surface area (Å²) in [5.41, 5.74) is 9.72. The van der Waals surface area contributed by atoms with Gasteiger partial charge in [-0.2, -0.15) is 0 Å². The molecule has 35 heavy (non-hydrogen) atoms. The third-order valence-corrected chi connectivity index (χ3v) is 6.88. The lowest BCUT2D eigenvalue weighted by molar-refractivity contribution is 0.487. The Hall–Kier alpha value is -4.62. The van der Waals surface area contributed by atoms with Gasteiger partial charge in [0.15, 0.2) is 0 Å². The molecule has 7 rings (SSSR count). The number of rotatable bonds is 3. The van der Waals surface area contributed by atoms with Crippen molar-refractivity contribution >= 4 is 10.8 Å². The highest BCUT2D eigenvalue weighted by Gasteiger charge is 2.20. The molecule has 1 heterocycles. The third kappa shape index (κ3) is 3.41. The summed E-state index contributed by atoms with van der Waals surface area (Å²) >= 11 is 0. The largest absolute Gasteiger partial charge is 0.456 e. The van der Waals surface area contributed by atoms with Crippen LogP contribution in [0, 0.1) is 0 Å². The van der Waals surface area contributed by atoms with E-state index in [1.54, 1.807) is 0 Å². The van der Waals surface area contributed by atoms with Gasteiger partial charge in [-0.15, -0.1) is 0 Å². The van der Waals surface area contributed by atoms with Crippen LogP contribution in [0.2, 0.25) is 0 Å². The Morgan fingerprint density at radius 3 is 1.57 bits per heavy atom. The molecule has 0 amide bonds. The molecule has 1 nitrogen and oxygen atoms in total. The predicted octanol–water partition coefficient (Wildman–Crippen LogP) is 9.61. The summed E-state index contributed by atoms with van der Waals surface area (Å²) in [5.74, 6) is 1.84. The van der Waals surface area contributed by atoms with E-state index in [1.165, 1.54) is 49.7 Å². The quantitative estimate of drug-likeness (QED) is 0.262. The maximum atomic E-state index is 6.20. The smallest absolute Gasteiger partial charge is 0.135 e. The van der Waals surface area contributed by atoms with Gasteiger partial charge in [0.2, 0.25) is 0 Å². The molecule has 1 heteroatoms. The minimum atomic E-state index is 0.916. The van der Waals surface area contributed by atoms with E-state index in [-0.39, 0.29) is 0 Å². The number of fused-ring (bicyclic) bond motifs is 2. The molecule has 0 saturated carbocycles. The lowest BCUT2D eigenvalue weighted by atomic mass is 9.90. The Bertz CT molecular complexity index is 1680. The van der Waals surface area contributed by atoms with Gasteiger partial charge in [-0.3, -0.25) is 0 Å². The van der Waals surface area contributed by atoms with Crippen molar-refractivity contribution in [2.45, 2.75) is 0 Å². The monoisotopic (exact) mass is 446 g/mol. The van der Waals surface area contributed by atoms with Crippen LogP contribution in [-0.2, 0) is 0 Å². The summed E-state index contributed by atoms with van der Waals surface area (Å²) < 4.78 is 6.20. The molecule has 0 N–H and O–H groups in total. The molecular formula is C34H22O. The summed E-state index contributed by atoms with van der Waals surface area (Å²) in [7, 11) is 0. The van der Waals surface area contributed by atoms with Crippen molar-refractivity contribution in [3.05, 3.63) is 133 Å². The zero-order chi connectivity index (χ0) is 23.2. The molecule has 0 atom stereocenters. The van der Waals surface area contributed by atoms with E-state index in [4.69, 9.17) is 4.74 Å². The lowest BCUT2D eigenvalue weighted by Gasteiger charge is -2.22. The second-order valence-electron chi connectivity index (χ2n) is 9.00. The summed E-state index contributed by atoms with van der Waals surface area (Å²) in [6, 6.07) is 47.4. The van der Waals surface area contributed by atoms with E-state index in [0.717, 1.165) is 17.1 Å². The average molecular weight is 447 g/mol. The number of hydrogen-bond acceptors (Lipinski definition) is 1. The maximum absolute atomic E-state index is 6.20. The van der Waals surface area contributed by atoms with Crippen molar-refractivity contribution in [1.29, 1.82) is 0 Å². The number of hydrogen-bond donors (Lipinski definition) is 0. The molecule has 1 aliphatic rings. The Kier molecular flexibility index (Phi) is 4.53. The van der Waals surface area contributed by atoms with Gasteiger partial charge >= 0.3 is 0 Å². The third-order valence-electron chi connectivity index (χ3n) is 6.88. The number of ether oxygens (including phenoxy) is 1.